The van der Waals surface area contributed by atoms with Crippen LogP contribution in [-0.4, -0.2) is 23.5 Å². The molecule has 1 heterocycles. The zero-order chi connectivity index (χ0) is 11.2. The van der Waals surface area contributed by atoms with Crippen molar-refractivity contribution in [3.63, 3.8) is 0 Å². The van der Waals surface area contributed by atoms with Gasteiger partial charge in [-0.15, -0.1) is 0 Å². The zero-order valence-corrected chi connectivity index (χ0v) is 9.32. The van der Waals surface area contributed by atoms with Gasteiger partial charge in [0.25, 0.3) is 0 Å². The van der Waals surface area contributed by atoms with E-state index in [4.69, 9.17) is 5.73 Å². The van der Waals surface area contributed by atoms with Crippen LogP contribution in [-0.2, 0) is 0 Å². The van der Waals surface area contributed by atoms with Crippen molar-refractivity contribution in [1.29, 1.82) is 0 Å². The quantitative estimate of drug-likeness (QED) is 0.845. The lowest BCUT2D eigenvalue weighted by Crippen LogP contribution is -2.49. The Hall–Kier alpha value is -0.930. The molecule has 0 amide bonds. The minimum atomic E-state index is -0.173. The van der Waals surface area contributed by atoms with E-state index in [1.54, 1.807) is 0 Å². The Morgan fingerprint density at radius 1 is 1.19 bits per heavy atom. The summed E-state index contributed by atoms with van der Waals surface area (Å²) >= 11 is 0. The Morgan fingerprint density at radius 3 is 2.25 bits per heavy atom. The fraction of sp³-hybridized carbons (Fsp3) is 0.538. The Bertz CT molecular complexity index is 379. The summed E-state index contributed by atoms with van der Waals surface area (Å²) in [6, 6.07) is 7.12. The molecule has 1 saturated carbocycles. The van der Waals surface area contributed by atoms with Gasteiger partial charge in [0.1, 0.15) is 5.82 Å². The molecule has 1 aliphatic carbocycles. The first-order valence-electron chi connectivity index (χ1n) is 5.97. The number of benzene rings is 1. The molecule has 1 saturated heterocycles. The molecule has 0 aromatic heterocycles. The normalized spacial score (nSPS) is 24.9. The van der Waals surface area contributed by atoms with E-state index < -0.39 is 0 Å². The van der Waals surface area contributed by atoms with E-state index in [9.17, 15) is 4.39 Å². The van der Waals surface area contributed by atoms with Crippen molar-refractivity contribution >= 4 is 0 Å². The number of hydrogen-bond donors (Lipinski definition) is 1. The first-order valence-corrected chi connectivity index (χ1v) is 5.97. The third-order valence-electron chi connectivity index (χ3n) is 3.81. The standard InChI is InChI=1S/C13H17FN2/c14-11-4-2-10(3-5-11)12(13(15)6-7-13)16-8-1-9-16/h2-5,12H,1,6-9,15H2. The van der Waals surface area contributed by atoms with Crippen LogP contribution in [0.5, 0.6) is 0 Å². The predicted octanol–water partition coefficient (Wildman–Crippen LogP) is 2.06. The SMILES string of the molecule is NC1(C(c2ccc(F)cc2)N2CCC2)CC1. The van der Waals surface area contributed by atoms with E-state index in [1.807, 2.05) is 12.1 Å². The summed E-state index contributed by atoms with van der Waals surface area (Å²) in [5, 5.41) is 0. The molecule has 2 nitrogen and oxygen atoms in total. The van der Waals surface area contributed by atoms with Crippen LogP contribution in [0.15, 0.2) is 24.3 Å². The number of hydrogen-bond acceptors (Lipinski definition) is 2. The van der Waals surface area contributed by atoms with Gasteiger partial charge >= 0.3 is 0 Å². The molecule has 2 N–H and O–H groups in total. The largest absolute Gasteiger partial charge is 0.323 e. The number of likely N-dealkylation sites (tertiary alicyclic amines) is 1. The highest BCUT2D eigenvalue weighted by Gasteiger charge is 2.49. The van der Waals surface area contributed by atoms with Gasteiger partial charge in [-0.25, -0.2) is 4.39 Å². The van der Waals surface area contributed by atoms with E-state index in [0.717, 1.165) is 25.9 Å². The van der Waals surface area contributed by atoms with Crippen molar-refractivity contribution in [1.82, 2.24) is 4.90 Å². The predicted molar refractivity (Wildman–Crippen MR) is 61.5 cm³/mol. The second kappa shape index (κ2) is 3.54. The molecule has 1 aromatic rings. The molecule has 3 heteroatoms. The van der Waals surface area contributed by atoms with Gasteiger partial charge in [-0.1, -0.05) is 12.1 Å². The van der Waals surface area contributed by atoms with Crippen LogP contribution in [0.3, 0.4) is 0 Å². The lowest BCUT2D eigenvalue weighted by atomic mass is 9.93. The maximum Gasteiger partial charge on any atom is 0.123 e. The molecule has 2 aliphatic rings. The Labute approximate surface area is 95.2 Å². The van der Waals surface area contributed by atoms with E-state index in [2.05, 4.69) is 4.90 Å². The Balaban J connectivity index is 1.89. The molecule has 86 valence electrons. The van der Waals surface area contributed by atoms with Crippen molar-refractivity contribution in [2.24, 2.45) is 5.73 Å². The second-order valence-electron chi connectivity index (χ2n) is 5.08. The van der Waals surface area contributed by atoms with Crippen LogP contribution >= 0.6 is 0 Å². The van der Waals surface area contributed by atoms with Gasteiger partial charge in [-0.05, 0) is 37.0 Å². The topological polar surface area (TPSA) is 29.3 Å². The average Bonchev–Trinajstić information content (AvgIpc) is 2.93. The van der Waals surface area contributed by atoms with Crippen molar-refractivity contribution in [3.8, 4) is 0 Å². The molecule has 0 radical (unpaired) electrons. The monoisotopic (exact) mass is 220 g/mol. The average molecular weight is 220 g/mol. The van der Waals surface area contributed by atoms with Gasteiger partial charge < -0.3 is 5.73 Å². The molecule has 0 spiro atoms. The fourth-order valence-electron chi connectivity index (χ4n) is 2.57. The van der Waals surface area contributed by atoms with Gasteiger partial charge in [-0.3, -0.25) is 4.90 Å². The summed E-state index contributed by atoms with van der Waals surface area (Å²) in [5.41, 5.74) is 7.45. The molecule has 2 fully saturated rings. The lowest BCUT2D eigenvalue weighted by molar-refractivity contribution is 0.0931. The molecule has 1 atom stereocenters. The highest BCUT2D eigenvalue weighted by atomic mass is 19.1. The molecule has 1 unspecified atom stereocenters. The third kappa shape index (κ3) is 1.64. The molecule has 1 aromatic carbocycles. The summed E-state index contributed by atoms with van der Waals surface area (Å²) in [4.78, 5) is 2.42. The summed E-state index contributed by atoms with van der Waals surface area (Å²) < 4.78 is 12.9. The second-order valence-corrected chi connectivity index (χ2v) is 5.08. The van der Waals surface area contributed by atoms with Crippen LogP contribution in [0, 0.1) is 5.82 Å². The van der Waals surface area contributed by atoms with Crippen molar-refractivity contribution < 1.29 is 4.39 Å². The van der Waals surface area contributed by atoms with Crippen molar-refractivity contribution in [3.05, 3.63) is 35.6 Å². The lowest BCUT2D eigenvalue weighted by Gasteiger charge is -2.42. The maximum atomic E-state index is 12.9. The third-order valence-corrected chi connectivity index (χ3v) is 3.81. The fourth-order valence-corrected chi connectivity index (χ4v) is 2.57. The smallest absolute Gasteiger partial charge is 0.123 e. The summed E-state index contributed by atoms with van der Waals surface area (Å²) in [5.74, 6) is -0.173. The molecule has 3 rings (SSSR count). The summed E-state index contributed by atoms with van der Waals surface area (Å²) in [7, 11) is 0. The van der Waals surface area contributed by atoms with Crippen LogP contribution < -0.4 is 5.73 Å². The highest BCUT2D eigenvalue weighted by molar-refractivity contribution is 5.27. The first-order chi connectivity index (χ1) is 7.69. The van der Waals surface area contributed by atoms with Gasteiger partial charge in [0.05, 0.1) is 6.04 Å². The van der Waals surface area contributed by atoms with E-state index in [1.165, 1.54) is 24.1 Å². The molecule has 16 heavy (non-hydrogen) atoms. The summed E-state index contributed by atoms with van der Waals surface area (Å²) in [6.45, 7) is 2.25. The molecule has 1 aliphatic heterocycles. The number of halogens is 1. The molecular weight excluding hydrogens is 203 g/mol. The zero-order valence-electron chi connectivity index (χ0n) is 9.32. The minimum Gasteiger partial charge on any atom is -0.323 e. The van der Waals surface area contributed by atoms with E-state index >= 15 is 0 Å². The summed E-state index contributed by atoms with van der Waals surface area (Å²) in [6.07, 6.45) is 3.44. The van der Waals surface area contributed by atoms with Gasteiger partial charge in [0.2, 0.25) is 0 Å². The minimum absolute atomic E-state index is 0.0573. The molecular formula is C13H17FN2. The van der Waals surface area contributed by atoms with Gasteiger partial charge in [0, 0.05) is 18.6 Å². The maximum absolute atomic E-state index is 12.9. The van der Waals surface area contributed by atoms with Gasteiger partial charge in [0.15, 0.2) is 0 Å². The number of rotatable bonds is 3. The van der Waals surface area contributed by atoms with Crippen LogP contribution in [0.1, 0.15) is 30.9 Å². The van der Waals surface area contributed by atoms with Crippen molar-refractivity contribution in [2.75, 3.05) is 13.1 Å². The highest BCUT2D eigenvalue weighted by Crippen LogP contribution is 2.48. The van der Waals surface area contributed by atoms with Crippen LogP contribution in [0.2, 0.25) is 0 Å². The van der Waals surface area contributed by atoms with E-state index in [0.29, 0.717) is 6.04 Å². The number of nitrogens with two attached hydrogens (primary N) is 1. The number of nitrogens with zero attached hydrogens (tertiary/aromatic N) is 1. The van der Waals surface area contributed by atoms with Crippen LogP contribution in [0.25, 0.3) is 0 Å². The molecule has 0 bridgehead atoms. The first kappa shape index (κ1) is 10.2. The Kier molecular flexibility index (Phi) is 2.26. The van der Waals surface area contributed by atoms with Gasteiger partial charge in [-0.2, -0.15) is 0 Å². The Morgan fingerprint density at radius 2 is 1.81 bits per heavy atom. The van der Waals surface area contributed by atoms with E-state index in [-0.39, 0.29) is 11.4 Å². The van der Waals surface area contributed by atoms with Crippen LogP contribution in [0.4, 0.5) is 4.39 Å². The van der Waals surface area contributed by atoms with Crippen molar-refractivity contribution in [2.45, 2.75) is 30.8 Å².